The second-order valence-corrected chi connectivity index (χ2v) is 13.9. The highest BCUT2D eigenvalue weighted by atomic mass is 19.1. The number of ether oxygens (including phenoxy) is 2. The molecule has 10 N–H and O–H groups in total. The topological polar surface area (TPSA) is 351 Å². The van der Waals surface area contributed by atoms with E-state index < -0.39 is 24.1 Å². The first-order valence-corrected chi connectivity index (χ1v) is 19.5. The minimum atomic E-state index is -1.82. The van der Waals surface area contributed by atoms with Gasteiger partial charge in [0.05, 0.1) is 38.1 Å². The number of halogens is 2. The Kier molecular flexibility index (Phi) is 14.4. The molecule has 0 saturated carbocycles. The molecule has 6 aromatic heterocycles. The van der Waals surface area contributed by atoms with Crippen LogP contribution >= 0.6 is 0 Å². The molecule has 2 amide bonds. The lowest BCUT2D eigenvalue weighted by Gasteiger charge is -2.18. The summed E-state index contributed by atoms with van der Waals surface area (Å²) in [4.78, 5) is 70.0. The maximum absolute atomic E-state index is 14.2. The van der Waals surface area contributed by atoms with E-state index in [-0.39, 0.29) is 71.0 Å². The summed E-state index contributed by atoms with van der Waals surface area (Å²) in [6, 6.07) is 19.9. The highest BCUT2D eigenvalue weighted by Crippen LogP contribution is 2.34. The lowest BCUT2D eigenvalue weighted by molar-refractivity contribution is -0.159. The molecule has 0 spiro atoms. The molecule has 6 heterocycles. The summed E-state index contributed by atoms with van der Waals surface area (Å²) in [5, 5.41) is 25.2. The molecule has 8 rings (SSSR count). The van der Waals surface area contributed by atoms with Gasteiger partial charge in [-0.3, -0.25) is 9.80 Å². The molecule has 0 fully saturated rings. The van der Waals surface area contributed by atoms with Gasteiger partial charge in [0.25, 0.3) is 0 Å². The van der Waals surface area contributed by atoms with Gasteiger partial charge in [-0.15, -0.1) is 0 Å². The highest BCUT2D eigenvalue weighted by Gasteiger charge is 2.25. The number of nitrogens with two attached hydrogens (primary N) is 4. The van der Waals surface area contributed by atoms with Crippen LogP contribution in [0.4, 0.5) is 53.0 Å². The minimum absolute atomic E-state index is 0.0175. The Morgan fingerprint density at radius 2 is 0.912 bits per heavy atom. The SMILES string of the molecule is COC(=O)N(C)c1c(N)nc(-c2nn(Cc3ccccc3F)c3ncccc23)nc1N.COC(=O)N(C)c1c(N)nc(-c2nn(Cc3ccccc3F)c3ncccc23)nc1N.O=C(O)C(=O)O. The summed E-state index contributed by atoms with van der Waals surface area (Å²) >= 11 is 0. The van der Waals surface area contributed by atoms with Gasteiger partial charge in [0, 0.05) is 37.6 Å². The molecule has 0 unspecified atom stereocenters. The molecule has 0 aliphatic carbocycles. The van der Waals surface area contributed by atoms with E-state index in [4.69, 9.17) is 42.7 Å². The Bertz CT molecular complexity index is 2950. The fourth-order valence-corrected chi connectivity index (χ4v) is 6.48. The van der Waals surface area contributed by atoms with Crippen molar-refractivity contribution < 1.29 is 47.6 Å². The molecule has 8 aromatic rings. The number of nitrogen functional groups attached to an aromatic ring is 4. The van der Waals surface area contributed by atoms with Crippen LogP contribution in [-0.2, 0) is 32.2 Å². The van der Waals surface area contributed by atoms with Crippen molar-refractivity contribution in [3.63, 3.8) is 0 Å². The first-order chi connectivity index (χ1) is 32.4. The summed E-state index contributed by atoms with van der Waals surface area (Å²) in [7, 11) is 5.36. The molecular weight excluding hydrogens is 895 g/mol. The van der Waals surface area contributed by atoms with Crippen molar-refractivity contribution >= 4 is 80.8 Å². The average molecular weight is 935 g/mol. The van der Waals surface area contributed by atoms with Gasteiger partial charge in [0.15, 0.2) is 46.2 Å². The Balaban J connectivity index is 0.000000200. The number of pyridine rings is 2. The van der Waals surface area contributed by atoms with Gasteiger partial charge in [-0.25, -0.2) is 67.2 Å². The molecule has 26 heteroatoms. The normalized spacial score (nSPS) is 10.6. The number of amides is 2. The first kappa shape index (κ1) is 47.8. The van der Waals surface area contributed by atoms with Gasteiger partial charge in [0.1, 0.15) is 34.4 Å². The predicted molar refractivity (Wildman–Crippen MR) is 243 cm³/mol. The Morgan fingerprint density at radius 1 is 0.574 bits per heavy atom. The zero-order valence-electron chi connectivity index (χ0n) is 36.3. The number of methoxy groups -OCH3 is 2. The van der Waals surface area contributed by atoms with Crippen LogP contribution in [0, 0.1) is 11.6 Å². The Morgan fingerprint density at radius 3 is 1.22 bits per heavy atom. The van der Waals surface area contributed by atoms with E-state index in [9.17, 15) is 18.4 Å². The number of hydrogen-bond acceptors (Lipinski definition) is 18. The number of rotatable bonds is 8. The quantitative estimate of drug-likeness (QED) is 0.117. The number of aromatic nitrogens is 10. The van der Waals surface area contributed by atoms with Gasteiger partial charge in [-0.1, -0.05) is 36.4 Å². The summed E-state index contributed by atoms with van der Waals surface area (Å²) in [5.41, 5.74) is 27.2. The number of carboxylic acids is 2. The third-order valence-corrected chi connectivity index (χ3v) is 9.62. The number of carbonyl (C=O) groups is 4. The third-order valence-electron chi connectivity index (χ3n) is 9.62. The van der Waals surface area contributed by atoms with Crippen LogP contribution in [0.3, 0.4) is 0 Å². The Hall–Kier alpha value is -9.62. The van der Waals surface area contributed by atoms with E-state index in [1.165, 1.54) is 40.4 Å². The summed E-state index contributed by atoms with van der Waals surface area (Å²) in [5.74, 6) is -4.10. The smallest absolute Gasteiger partial charge is 0.414 e. The maximum Gasteiger partial charge on any atom is 0.414 e. The van der Waals surface area contributed by atoms with Crippen LogP contribution in [0.2, 0.25) is 0 Å². The third kappa shape index (κ3) is 10.2. The van der Waals surface area contributed by atoms with E-state index in [0.29, 0.717) is 44.6 Å². The number of fused-ring (bicyclic) bond motifs is 2. The van der Waals surface area contributed by atoms with Gasteiger partial charge in [-0.05, 0) is 36.4 Å². The monoisotopic (exact) mass is 934 g/mol. The zero-order chi connectivity index (χ0) is 49.4. The van der Waals surface area contributed by atoms with Gasteiger partial charge < -0.3 is 42.6 Å². The molecule has 68 heavy (non-hydrogen) atoms. The van der Waals surface area contributed by atoms with Crippen molar-refractivity contribution in [3.05, 3.63) is 108 Å². The molecule has 0 bridgehead atoms. The summed E-state index contributed by atoms with van der Waals surface area (Å²) in [6.45, 7) is 0.322. The van der Waals surface area contributed by atoms with Crippen LogP contribution in [0.1, 0.15) is 11.1 Å². The fourth-order valence-electron chi connectivity index (χ4n) is 6.48. The van der Waals surface area contributed by atoms with Gasteiger partial charge in [0.2, 0.25) is 0 Å². The van der Waals surface area contributed by atoms with Crippen molar-refractivity contribution in [2.45, 2.75) is 13.1 Å². The minimum Gasteiger partial charge on any atom is -0.473 e. The van der Waals surface area contributed by atoms with Gasteiger partial charge in [-0.2, -0.15) is 10.2 Å². The van der Waals surface area contributed by atoms with Crippen molar-refractivity contribution in [3.8, 4) is 23.0 Å². The molecule has 0 saturated heterocycles. The fraction of sp³-hybridized carbons (Fsp3) is 0.143. The molecule has 0 radical (unpaired) electrons. The number of carbonyl (C=O) groups excluding carboxylic acids is 2. The van der Waals surface area contributed by atoms with Crippen LogP contribution in [0.25, 0.3) is 45.1 Å². The summed E-state index contributed by atoms with van der Waals surface area (Å²) < 4.78 is 40.8. The molecule has 0 aliphatic rings. The van der Waals surface area contributed by atoms with E-state index in [0.717, 1.165) is 9.80 Å². The molecule has 350 valence electrons. The van der Waals surface area contributed by atoms with E-state index >= 15 is 0 Å². The number of benzene rings is 2. The molecule has 0 atom stereocenters. The average Bonchev–Trinajstić information content (AvgIpc) is 3.88. The van der Waals surface area contributed by atoms with E-state index in [1.54, 1.807) is 82.4 Å². The van der Waals surface area contributed by atoms with Crippen LogP contribution < -0.4 is 32.7 Å². The zero-order valence-corrected chi connectivity index (χ0v) is 36.3. The predicted octanol–water partition coefficient (Wildman–Crippen LogP) is 4.04. The van der Waals surface area contributed by atoms with E-state index in [1.807, 2.05) is 0 Å². The lowest BCUT2D eigenvalue weighted by Crippen LogP contribution is -2.28. The van der Waals surface area contributed by atoms with Crippen LogP contribution in [-0.4, -0.2) is 112 Å². The number of anilines is 6. The maximum atomic E-state index is 14.2. The number of carboxylic acid groups (broad SMARTS) is 2. The highest BCUT2D eigenvalue weighted by molar-refractivity contribution is 6.27. The van der Waals surface area contributed by atoms with Crippen molar-refractivity contribution in [2.75, 3.05) is 61.0 Å². The lowest BCUT2D eigenvalue weighted by atomic mass is 10.2. The Labute approximate surface area is 382 Å². The second kappa shape index (κ2) is 20.5. The van der Waals surface area contributed by atoms with Crippen molar-refractivity contribution in [1.82, 2.24) is 49.5 Å². The largest absolute Gasteiger partial charge is 0.473 e. The van der Waals surface area contributed by atoms with Crippen molar-refractivity contribution in [1.29, 1.82) is 0 Å². The van der Waals surface area contributed by atoms with Crippen LogP contribution in [0.5, 0.6) is 0 Å². The van der Waals surface area contributed by atoms with Gasteiger partial charge >= 0.3 is 24.1 Å². The molecule has 0 aliphatic heterocycles. The summed E-state index contributed by atoms with van der Waals surface area (Å²) in [6.07, 6.45) is 1.89. The molecule has 2 aromatic carbocycles. The van der Waals surface area contributed by atoms with Crippen LogP contribution in [0.15, 0.2) is 85.2 Å². The first-order valence-electron chi connectivity index (χ1n) is 19.5. The number of hydrogen-bond donors (Lipinski definition) is 6. The standard InChI is InChI=1S/2C20H19FN8O2.C2H2O4/c2*1-28(20(30)31-2)15-16(22)25-18(26-17(15)23)14-12-7-5-9-24-19(12)29(27-14)10-11-6-3-4-8-13(11)21;3-1(4)2(5)6/h2*3-9H,10H2,1-2H3,(H4,22,23,25,26);(H,3,4)(H,5,6). The number of nitrogens with zero attached hydrogens (tertiary/aromatic N) is 12. The molecular formula is C42H40F2N16O8. The van der Waals surface area contributed by atoms with E-state index in [2.05, 4.69) is 49.6 Å². The molecule has 24 nitrogen and oxygen atoms in total. The number of aliphatic carboxylic acids is 2. The van der Waals surface area contributed by atoms with Crippen molar-refractivity contribution in [2.24, 2.45) is 0 Å². The second-order valence-electron chi connectivity index (χ2n) is 13.9.